The van der Waals surface area contributed by atoms with Crippen LogP contribution in [0.3, 0.4) is 0 Å². The Morgan fingerprint density at radius 1 is 0.333 bits per heavy atom. The summed E-state index contributed by atoms with van der Waals surface area (Å²) >= 11 is 3.79. The Morgan fingerprint density at radius 2 is 0.896 bits per heavy atom. The van der Waals surface area contributed by atoms with E-state index >= 15 is 0 Å². The summed E-state index contributed by atoms with van der Waals surface area (Å²) < 4.78 is 5.33. The van der Waals surface area contributed by atoms with E-state index in [9.17, 15) is 0 Å². The van der Waals surface area contributed by atoms with Crippen LogP contribution in [-0.4, -0.2) is 4.98 Å². The van der Waals surface area contributed by atoms with Crippen molar-refractivity contribution in [2.75, 3.05) is 0 Å². The minimum atomic E-state index is 1.00. The Bertz CT molecular complexity index is 3130. The van der Waals surface area contributed by atoms with Gasteiger partial charge in [0, 0.05) is 62.2 Å². The second-order valence-electron chi connectivity index (χ2n) is 12.6. The van der Waals surface area contributed by atoms with Crippen LogP contribution < -0.4 is 0 Å². The molecule has 0 N–H and O–H groups in total. The van der Waals surface area contributed by atoms with Crippen LogP contribution in [-0.2, 0) is 0 Å². The number of hydrogen-bond acceptors (Lipinski definition) is 3. The fourth-order valence-electron chi connectivity index (χ4n) is 7.96. The summed E-state index contributed by atoms with van der Waals surface area (Å²) in [5.41, 5.74) is 5.66. The molecule has 3 heterocycles. The molecule has 3 heteroatoms. The van der Waals surface area contributed by atoms with E-state index in [1.165, 1.54) is 94.7 Å². The van der Waals surface area contributed by atoms with E-state index in [2.05, 4.69) is 152 Å². The predicted octanol–water partition coefficient (Wildman–Crippen LogP) is 13.8. The summed E-state index contributed by atoms with van der Waals surface area (Å²) in [7, 11) is 0. The zero-order valence-electron chi connectivity index (χ0n) is 25.7. The van der Waals surface area contributed by atoms with E-state index in [0.717, 1.165) is 11.2 Å². The summed E-state index contributed by atoms with van der Waals surface area (Å²) in [4.78, 5) is 5.39. The van der Waals surface area contributed by atoms with Gasteiger partial charge in [-0.25, -0.2) is 4.98 Å². The molecular formula is C45H25NS2. The summed E-state index contributed by atoms with van der Waals surface area (Å²) in [6, 6.07) is 55.6. The molecule has 8 aromatic carbocycles. The van der Waals surface area contributed by atoms with Crippen molar-refractivity contribution in [3.05, 3.63) is 152 Å². The van der Waals surface area contributed by atoms with Gasteiger partial charge in [-0.1, -0.05) is 121 Å². The number of hydrogen-bond donors (Lipinski definition) is 0. The second-order valence-corrected chi connectivity index (χ2v) is 14.7. The zero-order chi connectivity index (χ0) is 31.3. The van der Waals surface area contributed by atoms with Crippen LogP contribution in [0.25, 0.3) is 106 Å². The Balaban J connectivity index is 1.28. The zero-order valence-corrected chi connectivity index (χ0v) is 27.3. The maximum atomic E-state index is 5.39. The molecule has 3 aromatic heterocycles. The molecule has 0 saturated heterocycles. The lowest BCUT2D eigenvalue weighted by atomic mass is 9.89. The van der Waals surface area contributed by atoms with E-state index in [1.54, 1.807) is 0 Å². The number of para-hydroxylation sites is 1. The van der Waals surface area contributed by atoms with Gasteiger partial charge in [0.05, 0.1) is 11.2 Å². The first-order valence-electron chi connectivity index (χ1n) is 16.3. The van der Waals surface area contributed by atoms with Gasteiger partial charge < -0.3 is 0 Å². The van der Waals surface area contributed by atoms with Gasteiger partial charge >= 0.3 is 0 Å². The molecule has 0 radical (unpaired) electrons. The molecule has 0 aliphatic rings. The third kappa shape index (κ3) is 3.63. The van der Waals surface area contributed by atoms with Gasteiger partial charge in [-0.2, -0.15) is 0 Å². The molecular weight excluding hydrogens is 619 g/mol. The molecule has 0 aliphatic heterocycles. The summed E-state index contributed by atoms with van der Waals surface area (Å²) in [6.45, 7) is 0. The molecule has 0 spiro atoms. The molecule has 48 heavy (non-hydrogen) atoms. The molecule has 0 unspecified atom stereocenters. The second kappa shape index (κ2) is 9.95. The number of nitrogens with zero attached hydrogens (tertiary/aromatic N) is 1. The van der Waals surface area contributed by atoms with Gasteiger partial charge in [0.1, 0.15) is 0 Å². The average Bonchev–Trinajstić information content (AvgIpc) is 3.73. The van der Waals surface area contributed by atoms with Crippen LogP contribution in [0.2, 0.25) is 0 Å². The maximum absolute atomic E-state index is 5.39. The third-order valence-electron chi connectivity index (χ3n) is 10.0. The summed E-state index contributed by atoms with van der Waals surface area (Å²) in [5.74, 6) is 0. The lowest BCUT2D eigenvalue weighted by Crippen LogP contribution is -1.92. The van der Waals surface area contributed by atoms with Crippen molar-refractivity contribution in [3.63, 3.8) is 0 Å². The number of aromatic nitrogens is 1. The van der Waals surface area contributed by atoms with Gasteiger partial charge in [-0.05, 0) is 62.8 Å². The van der Waals surface area contributed by atoms with E-state index in [0.29, 0.717) is 0 Å². The van der Waals surface area contributed by atoms with Gasteiger partial charge in [0.25, 0.3) is 0 Å². The highest BCUT2D eigenvalue weighted by molar-refractivity contribution is 7.27. The molecule has 0 saturated carbocycles. The summed E-state index contributed by atoms with van der Waals surface area (Å²) in [6.07, 6.45) is 0. The van der Waals surface area contributed by atoms with E-state index < -0.39 is 0 Å². The smallest absolute Gasteiger partial charge is 0.0722 e. The van der Waals surface area contributed by atoms with Gasteiger partial charge in [0.15, 0.2) is 0 Å². The molecule has 11 rings (SSSR count). The van der Waals surface area contributed by atoms with Crippen molar-refractivity contribution in [2.24, 2.45) is 0 Å². The number of rotatable bonds is 2. The molecule has 0 bridgehead atoms. The monoisotopic (exact) mass is 643 g/mol. The van der Waals surface area contributed by atoms with Crippen LogP contribution in [0, 0.1) is 0 Å². The molecule has 0 fully saturated rings. The minimum absolute atomic E-state index is 1.00. The fourth-order valence-corrected chi connectivity index (χ4v) is 10.5. The SMILES string of the molecule is c1ccc2c(-c3cccc4c3sc3ccccc34)cc(-c3cc4c5ccccc5c5c6ccccc6sc5c4c4ccccc34)nc2c1. The highest BCUT2D eigenvalue weighted by Gasteiger charge is 2.20. The van der Waals surface area contributed by atoms with Crippen molar-refractivity contribution < 1.29 is 0 Å². The number of benzene rings is 8. The van der Waals surface area contributed by atoms with E-state index in [-0.39, 0.29) is 0 Å². The van der Waals surface area contributed by atoms with Gasteiger partial charge in [0.2, 0.25) is 0 Å². The average molecular weight is 644 g/mol. The lowest BCUT2D eigenvalue weighted by Gasteiger charge is -2.16. The third-order valence-corrected chi connectivity index (χ3v) is 12.4. The van der Waals surface area contributed by atoms with Crippen LogP contribution in [0.1, 0.15) is 0 Å². The first-order chi connectivity index (χ1) is 23.8. The normalized spacial score (nSPS) is 12.2. The first kappa shape index (κ1) is 26.5. The Hall–Kier alpha value is -5.61. The highest BCUT2D eigenvalue weighted by atomic mass is 32.1. The van der Waals surface area contributed by atoms with Crippen molar-refractivity contribution in [3.8, 4) is 22.4 Å². The number of fused-ring (bicyclic) bond motifs is 14. The Labute approximate surface area is 283 Å². The van der Waals surface area contributed by atoms with E-state index in [4.69, 9.17) is 4.98 Å². The van der Waals surface area contributed by atoms with Crippen molar-refractivity contribution in [1.82, 2.24) is 4.98 Å². The lowest BCUT2D eigenvalue weighted by molar-refractivity contribution is 1.41. The van der Waals surface area contributed by atoms with Crippen LogP contribution in [0.4, 0.5) is 0 Å². The molecule has 0 aliphatic carbocycles. The summed E-state index contributed by atoms with van der Waals surface area (Å²) in [5, 5.41) is 14.2. The maximum Gasteiger partial charge on any atom is 0.0722 e. The number of pyridine rings is 1. The molecule has 0 atom stereocenters. The van der Waals surface area contributed by atoms with Crippen LogP contribution in [0.5, 0.6) is 0 Å². The highest BCUT2D eigenvalue weighted by Crippen LogP contribution is 2.49. The van der Waals surface area contributed by atoms with Crippen molar-refractivity contribution >= 4 is 106 Å². The predicted molar refractivity (Wildman–Crippen MR) is 211 cm³/mol. The van der Waals surface area contributed by atoms with E-state index in [1.807, 2.05) is 22.7 Å². The van der Waals surface area contributed by atoms with Crippen LogP contribution >= 0.6 is 22.7 Å². The fraction of sp³-hybridized carbons (Fsp3) is 0. The topological polar surface area (TPSA) is 12.9 Å². The molecule has 11 aromatic rings. The van der Waals surface area contributed by atoms with Crippen molar-refractivity contribution in [1.29, 1.82) is 0 Å². The van der Waals surface area contributed by atoms with Crippen LogP contribution in [0.15, 0.2) is 152 Å². The largest absolute Gasteiger partial charge is 0.248 e. The van der Waals surface area contributed by atoms with Crippen molar-refractivity contribution in [2.45, 2.75) is 0 Å². The molecule has 1 nitrogen and oxygen atoms in total. The minimum Gasteiger partial charge on any atom is -0.248 e. The Kier molecular flexibility index (Phi) is 5.48. The molecule has 0 amide bonds. The van der Waals surface area contributed by atoms with Gasteiger partial charge in [-0.3, -0.25) is 0 Å². The quantitative estimate of drug-likeness (QED) is 0.171. The Morgan fingerprint density at radius 3 is 1.71 bits per heavy atom. The standard InChI is InChI=1S/C45H25NS2/c1-3-16-30-26(12-1)36(24-37-27-13-2-4-17-31(27)42-34-18-7-10-23-41(34)48-45(42)43(30)37)39-25-35(28-14-5-8-21-38(28)46-39)33-20-11-19-32-29-15-6-9-22-40(29)47-44(32)33/h1-25H. The molecule has 222 valence electrons. The first-order valence-corrected chi connectivity index (χ1v) is 17.9. The number of thiophene rings is 2. The van der Waals surface area contributed by atoms with Gasteiger partial charge in [-0.15, -0.1) is 22.7 Å².